The van der Waals surface area contributed by atoms with Gasteiger partial charge < -0.3 is 25.1 Å². The molecule has 6 rings (SSSR count). The van der Waals surface area contributed by atoms with Crippen molar-refractivity contribution in [2.45, 2.75) is 69.9 Å². The molecule has 14 nitrogen and oxygen atoms in total. The highest BCUT2D eigenvalue weighted by Gasteiger charge is 2.45. The largest absolute Gasteiger partial charge is 0.497 e. The van der Waals surface area contributed by atoms with Crippen molar-refractivity contribution in [1.29, 1.82) is 0 Å². The highest BCUT2D eigenvalue weighted by atomic mass is 16.5. The number of aromatic nitrogens is 2. The first-order valence-corrected chi connectivity index (χ1v) is 17.7. The standard InChI is InChI=1S/C39H42N6O8/c1-44-22-29(26-15-17-41-21-28(26)37(44)49)23-18-24(52-2)20-25(19-23)53-32(35(40)47)12-7-5-3-4-6-8-16-42-30-11-9-10-27-34(30)39(51)45(38(27)50)31-13-14-33(46)43-36(31)48/h9-11,15,17-22,31-32,42H,3-8,12-14,16H2,1-2H3,(H2,40,47)(H,43,46,48). The van der Waals surface area contributed by atoms with Gasteiger partial charge in [0.1, 0.15) is 17.5 Å². The summed E-state index contributed by atoms with van der Waals surface area (Å²) in [6.45, 7) is 0.586. The number of pyridine rings is 2. The Hall–Kier alpha value is -6.05. The normalized spacial score (nSPS) is 16.0. The van der Waals surface area contributed by atoms with E-state index in [0.717, 1.165) is 59.9 Å². The zero-order valence-corrected chi connectivity index (χ0v) is 29.7. The maximum atomic E-state index is 13.3. The molecule has 0 bridgehead atoms. The van der Waals surface area contributed by atoms with Crippen LogP contribution in [0.5, 0.6) is 11.5 Å². The zero-order valence-electron chi connectivity index (χ0n) is 29.7. The molecule has 2 unspecified atom stereocenters. The van der Waals surface area contributed by atoms with Crippen LogP contribution in [0.25, 0.3) is 21.9 Å². The Kier molecular flexibility index (Phi) is 11.2. The molecule has 14 heteroatoms. The molecule has 0 radical (unpaired) electrons. The third-order valence-corrected chi connectivity index (χ3v) is 9.68. The van der Waals surface area contributed by atoms with Crippen molar-refractivity contribution in [2.24, 2.45) is 12.8 Å². The Bertz CT molecular complexity index is 2150. The summed E-state index contributed by atoms with van der Waals surface area (Å²) in [6.07, 6.45) is 9.97. The molecule has 1 fully saturated rings. The Balaban J connectivity index is 0.971. The highest BCUT2D eigenvalue weighted by molar-refractivity contribution is 6.25. The molecule has 276 valence electrons. The molecule has 1 saturated heterocycles. The van der Waals surface area contributed by atoms with Crippen molar-refractivity contribution in [3.05, 3.63) is 82.5 Å². The first kappa shape index (κ1) is 36.7. The lowest BCUT2D eigenvalue weighted by Gasteiger charge is -2.27. The first-order valence-electron chi connectivity index (χ1n) is 17.7. The van der Waals surface area contributed by atoms with E-state index >= 15 is 0 Å². The molecule has 2 aliphatic heterocycles. The van der Waals surface area contributed by atoms with Crippen molar-refractivity contribution in [1.82, 2.24) is 19.8 Å². The van der Waals surface area contributed by atoms with Crippen LogP contribution in [-0.2, 0) is 21.4 Å². The number of carbonyl (C=O) groups excluding carboxylic acids is 5. The molecular weight excluding hydrogens is 680 g/mol. The minimum atomic E-state index is -1.01. The van der Waals surface area contributed by atoms with Gasteiger partial charge in [-0.25, -0.2) is 0 Å². The van der Waals surface area contributed by atoms with E-state index in [0.29, 0.717) is 35.5 Å². The topological polar surface area (TPSA) is 192 Å². The second-order valence-electron chi connectivity index (χ2n) is 13.3. The van der Waals surface area contributed by atoms with Gasteiger partial charge in [-0.15, -0.1) is 0 Å². The lowest BCUT2D eigenvalue weighted by Crippen LogP contribution is -2.54. The zero-order chi connectivity index (χ0) is 37.6. The van der Waals surface area contributed by atoms with Gasteiger partial charge in [-0.2, -0.15) is 0 Å². The van der Waals surface area contributed by atoms with Crippen LogP contribution in [0.3, 0.4) is 0 Å². The van der Waals surface area contributed by atoms with Crippen molar-refractivity contribution in [3.8, 4) is 22.6 Å². The van der Waals surface area contributed by atoms with Crippen LogP contribution in [0, 0.1) is 0 Å². The number of rotatable bonds is 16. The second-order valence-corrected chi connectivity index (χ2v) is 13.3. The van der Waals surface area contributed by atoms with Crippen molar-refractivity contribution in [3.63, 3.8) is 0 Å². The summed E-state index contributed by atoms with van der Waals surface area (Å²) in [5.41, 5.74) is 8.14. The summed E-state index contributed by atoms with van der Waals surface area (Å²) in [5.74, 6) is -1.74. The van der Waals surface area contributed by atoms with E-state index in [9.17, 15) is 28.8 Å². The molecule has 4 heterocycles. The van der Waals surface area contributed by atoms with Gasteiger partial charge in [-0.1, -0.05) is 31.7 Å². The summed E-state index contributed by atoms with van der Waals surface area (Å²) in [7, 11) is 3.23. The first-order chi connectivity index (χ1) is 25.6. The Morgan fingerprint density at radius 3 is 2.47 bits per heavy atom. The number of benzene rings is 2. The van der Waals surface area contributed by atoms with E-state index < -0.39 is 41.7 Å². The van der Waals surface area contributed by atoms with Gasteiger partial charge >= 0.3 is 0 Å². The van der Waals surface area contributed by atoms with Gasteiger partial charge in [0, 0.05) is 55.9 Å². The minimum absolute atomic E-state index is 0.0652. The maximum Gasteiger partial charge on any atom is 0.264 e. The summed E-state index contributed by atoms with van der Waals surface area (Å²) in [6, 6.07) is 11.1. The average molecular weight is 723 g/mol. The number of hydrogen-bond donors (Lipinski definition) is 3. The van der Waals surface area contributed by atoms with Crippen LogP contribution in [-0.4, -0.2) is 69.8 Å². The number of fused-ring (bicyclic) bond motifs is 2. The fraction of sp³-hybridized carbons (Fsp3) is 0.359. The van der Waals surface area contributed by atoms with Crippen molar-refractivity contribution >= 4 is 46.0 Å². The number of amides is 5. The number of nitrogens with one attached hydrogen (secondary N) is 2. The SMILES string of the molecule is COc1cc(OC(CCCCCCCCNc2cccc3c2C(=O)N(C2CCC(=O)NC2=O)C3=O)C(N)=O)cc(-c2cn(C)c(=O)c3cnccc23)c1. The van der Waals surface area contributed by atoms with Crippen molar-refractivity contribution < 1.29 is 33.4 Å². The number of nitrogens with zero attached hydrogens (tertiary/aromatic N) is 3. The minimum Gasteiger partial charge on any atom is -0.497 e. The fourth-order valence-corrected chi connectivity index (χ4v) is 6.93. The molecule has 4 N–H and O–H groups in total. The molecule has 4 aromatic rings. The van der Waals surface area contributed by atoms with E-state index in [-0.39, 0.29) is 29.5 Å². The third kappa shape index (κ3) is 7.91. The number of aryl methyl sites for hydroxylation is 1. The van der Waals surface area contributed by atoms with Gasteiger partial charge in [0.25, 0.3) is 23.3 Å². The van der Waals surface area contributed by atoms with Crippen LogP contribution in [0.2, 0.25) is 0 Å². The van der Waals surface area contributed by atoms with Gasteiger partial charge in [-0.05, 0) is 67.0 Å². The highest BCUT2D eigenvalue weighted by Crippen LogP contribution is 2.35. The molecule has 2 aromatic heterocycles. The number of unbranched alkanes of at least 4 members (excludes halogenated alkanes) is 5. The molecule has 0 saturated carbocycles. The molecule has 0 spiro atoms. The van der Waals surface area contributed by atoms with Crippen LogP contribution >= 0.6 is 0 Å². The smallest absolute Gasteiger partial charge is 0.264 e. The van der Waals surface area contributed by atoms with Crippen LogP contribution in [0.4, 0.5) is 5.69 Å². The predicted molar refractivity (Wildman–Crippen MR) is 197 cm³/mol. The van der Waals surface area contributed by atoms with E-state index in [1.807, 2.05) is 6.07 Å². The Labute approximate surface area is 305 Å². The van der Waals surface area contributed by atoms with Crippen LogP contribution in [0.1, 0.15) is 78.5 Å². The van der Waals surface area contributed by atoms with E-state index in [2.05, 4.69) is 15.6 Å². The number of methoxy groups -OCH3 is 1. The molecule has 5 amide bonds. The van der Waals surface area contributed by atoms with Gasteiger partial charge in [-0.3, -0.25) is 44.0 Å². The summed E-state index contributed by atoms with van der Waals surface area (Å²) in [4.78, 5) is 80.5. The Morgan fingerprint density at radius 1 is 0.962 bits per heavy atom. The predicted octanol–water partition coefficient (Wildman–Crippen LogP) is 4.09. The Morgan fingerprint density at radius 2 is 1.72 bits per heavy atom. The van der Waals surface area contributed by atoms with Gasteiger partial charge in [0.15, 0.2) is 6.10 Å². The molecule has 2 aromatic carbocycles. The second kappa shape index (κ2) is 16.1. The maximum absolute atomic E-state index is 13.3. The molecule has 2 atom stereocenters. The number of imide groups is 2. The quantitative estimate of drug-likeness (QED) is 0.112. The number of primary amides is 1. The summed E-state index contributed by atoms with van der Waals surface area (Å²) in [5, 5.41) is 6.71. The van der Waals surface area contributed by atoms with Gasteiger partial charge in [0.05, 0.1) is 23.6 Å². The van der Waals surface area contributed by atoms with Crippen LogP contribution in [0.15, 0.2) is 65.8 Å². The summed E-state index contributed by atoms with van der Waals surface area (Å²) >= 11 is 0. The number of anilines is 1. The van der Waals surface area contributed by atoms with Gasteiger partial charge in [0.2, 0.25) is 11.8 Å². The number of carbonyl (C=O) groups is 5. The van der Waals surface area contributed by atoms with Crippen molar-refractivity contribution in [2.75, 3.05) is 19.0 Å². The number of hydrogen-bond acceptors (Lipinski definition) is 10. The van der Waals surface area contributed by atoms with Crippen LogP contribution < -0.4 is 31.4 Å². The van der Waals surface area contributed by atoms with E-state index in [1.165, 1.54) is 4.57 Å². The lowest BCUT2D eigenvalue weighted by atomic mass is 10.0. The number of ether oxygens (including phenoxy) is 2. The molecule has 53 heavy (non-hydrogen) atoms. The molecule has 0 aliphatic carbocycles. The number of nitrogens with two attached hydrogens (primary N) is 1. The monoisotopic (exact) mass is 722 g/mol. The lowest BCUT2D eigenvalue weighted by molar-refractivity contribution is -0.136. The molecular formula is C39H42N6O8. The fourth-order valence-electron chi connectivity index (χ4n) is 6.93. The molecule has 2 aliphatic rings. The summed E-state index contributed by atoms with van der Waals surface area (Å²) < 4.78 is 13.2. The number of piperidine rings is 1. The van der Waals surface area contributed by atoms with E-state index in [1.54, 1.807) is 69.1 Å². The third-order valence-electron chi connectivity index (χ3n) is 9.68. The van der Waals surface area contributed by atoms with E-state index in [4.69, 9.17) is 15.2 Å². The average Bonchev–Trinajstić information content (AvgIpc) is 3.40.